The third-order valence-electron chi connectivity index (χ3n) is 4.48. The zero-order valence-electron chi connectivity index (χ0n) is 16.2. The summed E-state index contributed by atoms with van der Waals surface area (Å²) in [6.45, 7) is 5.12. The first-order valence-corrected chi connectivity index (χ1v) is 9.68. The van der Waals surface area contributed by atoms with Crippen molar-refractivity contribution in [1.82, 2.24) is 0 Å². The number of carboxylic acids is 1. The Bertz CT molecular complexity index is 803. The van der Waals surface area contributed by atoms with Crippen LogP contribution in [0, 0.1) is 0 Å². The lowest BCUT2D eigenvalue weighted by Gasteiger charge is -2.32. The smallest absolute Gasteiger partial charge is 0.349 e. The fraction of sp³-hybridized carbons (Fsp3) is 0.409. The van der Waals surface area contributed by atoms with Gasteiger partial charge in [-0.05, 0) is 37.6 Å². The van der Waals surface area contributed by atoms with Gasteiger partial charge in [0.25, 0.3) is 0 Å². The molecule has 1 N–H and O–H groups in total. The normalized spacial score (nSPS) is 17.8. The van der Waals surface area contributed by atoms with E-state index in [4.69, 9.17) is 18.9 Å². The van der Waals surface area contributed by atoms with Crippen LogP contribution in [0.1, 0.15) is 44.8 Å². The second kappa shape index (κ2) is 9.35. The summed E-state index contributed by atoms with van der Waals surface area (Å²) < 4.78 is 23.2. The van der Waals surface area contributed by atoms with E-state index in [2.05, 4.69) is 6.92 Å². The Balaban J connectivity index is 1.86. The van der Waals surface area contributed by atoms with E-state index in [1.165, 1.54) is 0 Å². The van der Waals surface area contributed by atoms with Crippen LogP contribution in [-0.2, 0) is 4.79 Å². The quantitative estimate of drug-likeness (QED) is 0.634. The van der Waals surface area contributed by atoms with E-state index >= 15 is 0 Å². The van der Waals surface area contributed by atoms with Crippen molar-refractivity contribution >= 4 is 5.97 Å². The van der Waals surface area contributed by atoms with Crippen molar-refractivity contribution in [3.05, 3.63) is 48.0 Å². The molecule has 3 rings (SSSR count). The molecule has 0 bridgehead atoms. The Hall–Kier alpha value is -2.89. The Morgan fingerprint density at radius 3 is 2.43 bits per heavy atom. The van der Waals surface area contributed by atoms with Gasteiger partial charge in [-0.2, -0.15) is 0 Å². The first-order valence-electron chi connectivity index (χ1n) is 9.68. The molecule has 1 aliphatic rings. The molecule has 1 aliphatic heterocycles. The molecule has 0 saturated heterocycles. The Labute approximate surface area is 165 Å². The number of aliphatic carboxylic acids is 1. The Kier molecular flexibility index (Phi) is 6.63. The van der Waals surface area contributed by atoms with Crippen molar-refractivity contribution < 1.29 is 28.8 Å². The summed E-state index contributed by atoms with van der Waals surface area (Å²) in [6, 6.07) is 12.4. The Morgan fingerprint density at radius 2 is 1.75 bits per heavy atom. The number of benzene rings is 2. The monoisotopic (exact) mass is 386 g/mol. The van der Waals surface area contributed by atoms with E-state index < -0.39 is 18.2 Å². The van der Waals surface area contributed by atoms with Crippen LogP contribution in [0.15, 0.2) is 42.5 Å². The van der Waals surface area contributed by atoms with Gasteiger partial charge in [-0.25, -0.2) is 4.79 Å². The molecule has 6 nitrogen and oxygen atoms in total. The molecule has 2 atom stereocenters. The standard InChI is InChI=1S/C22H26O6/c1-3-5-8-13-26-16-12-11-15(14-19(16)25-4-2)20-21(22(23)24)28-18-10-7-6-9-17(18)27-20/h6-7,9-12,14,20-21H,3-5,8,13H2,1-2H3,(H,23,24). The van der Waals surface area contributed by atoms with Crippen LogP contribution >= 0.6 is 0 Å². The number of hydrogen-bond acceptors (Lipinski definition) is 5. The number of hydrogen-bond donors (Lipinski definition) is 1. The molecule has 0 aromatic heterocycles. The predicted molar refractivity (Wildman–Crippen MR) is 104 cm³/mol. The van der Waals surface area contributed by atoms with Crippen LogP contribution in [0.25, 0.3) is 0 Å². The minimum absolute atomic E-state index is 0.423. The fourth-order valence-electron chi connectivity index (χ4n) is 3.09. The van der Waals surface area contributed by atoms with Crippen LogP contribution in [0.5, 0.6) is 23.0 Å². The summed E-state index contributed by atoms with van der Waals surface area (Å²) in [4.78, 5) is 11.8. The highest BCUT2D eigenvalue weighted by Gasteiger charge is 2.38. The average Bonchev–Trinajstić information content (AvgIpc) is 2.71. The molecule has 2 aromatic carbocycles. The minimum Gasteiger partial charge on any atom is -0.490 e. The Morgan fingerprint density at radius 1 is 1.00 bits per heavy atom. The van der Waals surface area contributed by atoms with E-state index in [1.54, 1.807) is 36.4 Å². The van der Waals surface area contributed by atoms with Gasteiger partial charge < -0.3 is 24.1 Å². The van der Waals surface area contributed by atoms with Gasteiger partial charge >= 0.3 is 5.97 Å². The zero-order chi connectivity index (χ0) is 19.9. The van der Waals surface area contributed by atoms with Gasteiger partial charge in [-0.1, -0.05) is 38.0 Å². The molecule has 1 heterocycles. The third kappa shape index (κ3) is 4.50. The van der Waals surface area contributed by atoms with Crippen LogP contribution in [0.2, 0.25) is 0 Å². The average molecular weight is 386 g/mol. The van der Waals surface area contributed by atoms with Crippen LogP contribution in [-0.4, -0.2) is 30.4 Å². The van der Waals surface area contributed by atoms with E-state index in [0.717, 1.165) is 19.3 Å². The van der Waals surface area contributed by atoms with Crippen molar-refractivity contribution in [2.24, 2.45) is 0 Å². The molecule has 0 radical (unpaired) electrons. The predicted octanol–water partition coefficient (Wildman–Crippen LogP) is 4.62. The highest BCUT2D eigenvalue weighted by atomic mass is 16.6. The number of fused-ring (bicyclic) bond motifs is 1. The van der Waals surface area contributed by atoms with Gasteiger partial charge in [0.2, 0.25) is 6.10 Å². The fourth-order valence-corrected chi connectivity index (χ4v) is 3.09. The number of rotatable bonds is 9. The molecule has 0 fully saturated rings. The molecule has 0 aliphatic carbocycles. The highest BCUT2D eigenvalue weighted by molar-refractivity contribution is 5.75. The lowest BCUT2D eigenvalue weighted by Crippen LogP contribution is -2.39. The third-order valence-corrected chi connectivity index (χ3v) is 4.48. The minimum atomic E-state index is -1.15. The molecule has 0 spiro atoms. The molecular formula is C22H26O6. The first kappa shape index (κ1) is 19.9. The summed E-state index contributed by atoms with van der Waals surface area (Å²) in [5, 5.41) is 9.63. The topological polar surface area (TPSA) is 74.2 Å². The summed E-state index contributed by atoms with van der Waals surface area (Å²) >= 11 is 0. The molecule has 150 valence electrons. The van der Waals surface area contributed by atoms with Crippen molar-refractivity contribution in [1.29, 1.82) is 0 Å². The van der Waals surface area contributed by atoms with Crippen LogP contribution in [0.4, 0.5) is 0 Å². The van der Waals surface area contributed by atoms with E-state index in [-0.39, 0.29) is 0 Å². The summed E-state index contributed by atoms with van der Waals surface area (Å²) in [5.41, 5.74) is 0.659. The van der Waals surface area contributed by atoms with Crippen LogP contribution in [0.3, 0.4) is 0 Å². The molecule has 2 unspecified atom stereocenters. The molecule has 2 aromatic rings. The second-order valence-electron chi connectivity index (χ2n) is 6.56. The summed E-state index contributed by atoms with van der Waals surface area (Å²) in [6.07, 6.45) is 1.26. The molecule has 28 heavy (non-hydrogen) atoms. The van der Waals surface area contributed by atoms with Crippen molar-refractivity contribution in [3.8, 4) is 23.0 Å². The highest BCUT2D eigenvalue weighted by Crippen LogP contribution is 2.41. The molecule has 6 heteroatoms. The lowest BCUT2D eigenvalue weighted by molar-refractivity contribution is -0.151. The molecular weight excluding hydrogens is 360 g/mol. The molecule has 0 saturated carbocycles. The maximum Gasteiger partial charge on any atom is 0.349 e. The zero-order valence-corrected chi connectivity index (χ0v) is 16.2. The van der Waals surface area contributed by atoms with Gasteiger partial charge in [0.1, 0.15) is 0 Å². The van der Waals surface area contributed by atoms with E-state index in [1.807, 2.05) is 13.0 Å². The van der Waals surface area contributed by atoms with Gasteiger partial charge in [0.05, 0.1) is 13.2 Å². The van der Waals surface area contributed by atoms with E-state index in [9.17, 15) is 9.90 Å². The van der Waals surface area contributed by atoms with Gasteiger partial charge in [-0.15, -0.1) is 0 Å². The maximum absolute atomic E-state index is 11.8. The number of ether oxygens (including phenoxy) is 4. The number of carbonyl (C=O) groups is 1. The summed E-state index contributed by atoms with van der Waals surface area (Å²) in [7, 11) is 0. The van der Waals surface area contributed by atoms with Gasteiger partial charge in [0.15, 0.2) is 29.1 Å². The van der Waals surface area contributed by atoms with Crippen molar-refractivity contribution in [3.63, 3.8) is 0 Å². The second-order valence-corrected chi connectivity index (χ2v) is 6.56. The maximum atomic E-state index is 11.8. The van der Waals surface area contributed by atoms with Crippen molar-refractivity contribution in [2.75, 3.05) is 13.2 Å². The molecule has 0 amide bonds. The van der Waals surface area contributed by atoms with Gasteiger partial charge in [0, 0.05) is 5.56 Å². The van der Waals surface area contributed by atoms with Crippen LogP contribution < -0.4 is 18.9 Å². The lowest BCUT2D eigenvalue weighted by atomic mass is 10.0. The number of para-hydroxylation sites is 2. The van der Waals surface area contributed by atoms with E-state index in [0.29, 0.717) is 41.8 Å². The number of unbranched alkanes of at least 4 members (excludes halogenated alkanes) is 2. The first-order chi connectivity index (χ1) is 13.6. The number of carboxylic acid groups (broad SMARTS) is 1. The summed E-state index contributed by atoms with van der Waals surface area (Å²) in [5.74, 6) is 1.07. The SMILES string of the molecule is CCCCCOc1ccc(C2Oc3ccccc3OC2C(=O)O)cc1OCC. The van der Waals surface area contributed by atoms with Gasteiger partial charge in [-0.3, -0.25) is 0 Å². The van der Waals surface area contributed by atoms with Crippen molar-refractivity contribution in [2.45, 2.75) is 45.3 Å². The largest absolute Gasteiger partial charge is 0.490 e.